The minimum Gasteiger partial charge on any atom is -0.356 e. The van der Waals surface area contributed by atoms with E-state index in [1.54, 1.807) is 0 Å². The summed E-state index contributed by atoms with van der Waals surface area (Å²) in [5, 5.41) is 12.6. The topological polar surface area (TPSA) is 77.1 Å². The molecule has 3 aromatic heterocycles. The first-order chi connectivity index (χ1) is 11.7. The molecule has 4 rings (SSSR count). The molecule has 3 heterocycles. The molecule has 1 N–H and O–H groups in total. The summed E-state index contributed by atoms with van der Waals surface area (Å²) in [6, 6.07) is 11.4. The summed E-state index contributed by atoms with van der Waals surface area (Å²) in [7, 11) is 0. The number of hydrogen-bond donors (Lipinski definition) is 1. The smallest absolute Gasteiger partial charge is 0.275 e. The van der Waals surface area contributed by atoms with Crippen LogP contribution >= 0.6 is 11.3 Å². The van der Waals surface area contributed by atoms with Gasteiger partial charge in [-0.05, 0) is 24.6 Å². The van der Waals surface area contributed by atoms with Crippen molar-refractivity contribution in [2.45, 2.75) is 13.5 Å². The second-order valence-corrected chi connectivity index (χ2v) is 6.22. The molecule has 120 valence electrons. The van der Waals surface area contributed by atoms with Crippen molar-refractivity contribution in [3.63, 3.8) is 0 Å². The second kappa shape index (κ2) is 5.89. The highest BCUT2D eigenvalue weighted by atomic mass is 32.1. The molecule has 0 saturated carbocycles. The predicted molar refractivity (Wildman–Crippen MR) is 92.8 cm³/mol. The van der Waals surface area contributed by atoms with Crippen LogP contribution in [0.3, 0.4) is 0 Å². The molecule has 8 heteroatoms. The zero-order chi connectivity index (χ0) is 16.5. The largest absolute Gasteiger partial charge is 0.356 e. The van der Waals surface area contributed by atoms with Gasteiger partial charge in [-0.1, -0.05) is 29.5 Å². The first-order valence-electron chi connectivity index (χ1n) is 7.40. The molecule has 0 amide bonds. The molecule has 1 aromatic carbocycles. The quantitative estimate of drug-likeness (QED) is 0.617. The normalized spacial score (nSPS) is 11.0. The van der Waals surface area contributed by atoms with Gasteiger partial charge in [0.1, 0.15) is 0 Å². The van der Waals surface area contributed by atoms with Crippen molar-refractivity contribution in [2.24, 2.45) is 0 Å². The number of anilines is 1. The molecule has 0 bridgehead atoms. The molecule has 0 aliphatic rings. The van der Waals surface area contributed by atoms with E-state index < -0.39 is 0 Å². The molecular weight excluding hydrogens is 324 g/mol. The second-order valence-electron chi connectivity index (χ2n) is 5.27. The van der Waals surface area contributed by atoms with Crippen LogP contribution < -0.4 is 10.9 Å². The van der Waals surface area contributed by atoms with Gasteiger partial charge in [-0.2, -0.15) is 9.61 Å². The number of benzene rings is 1. The van der Waals surface area contributed by atoms with E-state index in [-0.39, 0.29) is 5.56 Å². The molecule has 0 aliphatic heterocycles. The SMILES string of the molecule is Cc1ccn(-c2ccccc2CNc2nn3c(=O)ccnc3s2)n1. The fraction of sp³-hybridized carbons (Fsp3) is 0.125. The number of hydrogen-bond acceptors (Lipinski definition) is 6. The average Bonchev–Trinajstić information content (AvgIpc) is 3.20. The molecule has 24 heavy (non-hydrogen) atoms. The molecule has 0 spiro atoms. The molecular formula is C16H14N6OS. The first kappa shape index (κ1) is 14.6. The Labute approximate surface area is 141 Å². The van der Waals surface area contributed by atoms with Gasteiger partial charge in [0.05, 0.1) is 11.4 Å². The Kier molecular flexibility index (Phi) is 3.58. The van der Waals surface area contributed by atoms with Crippen molar-refractivity contribution in [3.8, 4) is 5.69 Å². The zero-order valence-electron chi connectivity index (χ0n) is 12.9. The lowest BCUT2D eigenvalue weighted by Crippen LogP contribution is -2.13. The number of nitrogens with one attached hydrogen (secondary N) is 1. The van der Waals surface area contributed by atoms with Crippen LogP contribution in [-0.4, -0.2) is 24.4 Å². The molecule has 0 unspecified atom stereocenters. The van der Waals surface area contributed by atoms with Gasteiger partial charge in [0.2, 0.25) is 10.1 Å². The van der Waals surface area contributed by atoms with E-state index in [9.17, 15) is 4.79 Å². The molecule has 0 saturated heterocycles. The Morgan fingerprint density at radius 3 is 2.83 bits per heavy atom. The monoisotopic (exact) mass is 338 g/mol. The maximum Gasteiger partial charge on any atom is 0.275 e. The number of para-hydroxylation sites is 1. The van der Waals surface area contributed by atoms with Crippen molar-refractivity contribution >= 4 is 21.4 Å². The summed E-state index contributed by atoms with van der Waals surface area (Å²) >= 11 is 1.34. The van der Waals surface area contributed by atoms with Crippen molar-refractivity contribution in [1.82, 2.24) is 24.4 Å². The third kappa shape index (κ3) is 2.67. The van der Waals surface area contributed by atoms with Gasteiger partial charge >= 0.3 is 0 Å². The number of aromatic nitrogens is 5. The molecule has 0 aliphatic carbocycles. The third-order valence-electron chi connectivity index (χ3n) is 3.56. The molecule has 4 aromatic rings. The van der Waals surface area contributed by atoms with Crippen LogP contribution in [0.15, 0.2) is 53.6 Å². The molecule has 0 radical (unpaired) electrons. The number of nitrogens with zero attached hydrogens (tertiary/aromatic N) is 5. The van der Waals surface area contributed by atoms with E-state index in [0.29, 0.717) is 16.6 Å². The van der Waals surface area contributed by atoms with Gasteiger partial charge in [-0.3, -0.25) is 4.79 Å². The maximum absolute atomic E-state index is 11.7. The Morgan fingerprint density at radius 1 is 1.17 bits per heavy atom. The maximum atomic E-state index is 11.7. The van der Waals surface area contributed by atoms with Crippen LogP contribution in [0.2, 0.25) is 0 Å². The first-order valence-corrected chi connectivity index (χ1v) is 8.22. The van der Waals surface area contributed by atoms with Crippen LogP contribution in [0.1, 0.15) is 11.3 Å². The standard InChI is InChI=1S/C16H14N6OS/c1-11-7-9-21(19-11)13-5-3-2-4-12(13)10-18-15-20-22-14(23)6-8-17-16(22)24-15/h2-9H,10H2,1H3,(H,18,20). The Balaban J connectivity index is 1.61. The van der Waals surface area contributed by atoms with Gasteiger partial charge in [0, 0.05) is 25.0 Å². The fourth-order valence-corrected chi connectivity index (χ4v) is 3.19. The summed E-state index contributed by atoms with van der Waals surface area (Å²) in [5.74, 6) is 0. The molecule has 7 nitrogen and oxygen atoms in total. The van der Waals surface area contributed by atoms with Crippen molar-refractivity contribution in [1.29, 1.82) is 0 Å². The van der Waals surface area contributed by atoms with Crippen LogP contribution in [0.4, 0.5) is 5.13 Å². The van der Waals surface area contributed by atoms with E-state index in [2.05, 4.69) is 20.5 Å². The van der Waals surface area contributed by atoms with E-state index in [4.69, 9.17) is 0 Å². The fourth-order valence-electron chi connectivity index (χ4n) is 2.42. The third-order valence-corrected chi connectivity index (χ3v) is 4.44. The lowest BCUT2D eigenvalue weighted by molar-refractivity contribution is 0.846. The predicted octanol–water partition coefficient (Wildman–Crippen LogP) is 2.26. The van der Waals surface area contributed by atoms with E-state index in [1.165, 1.54) is 28.1 Å². The van der Waals surface area contributed by atoms with Gasteiger partial charge in [-0.25, -0.2) is 9.67 Å². The minimum atomic E-state index is -0.184. The van der Waals surface area contributed by atoms with E-state index >= 15 is 0 Å². The van der Waals surface area contributed by atoms with E-state index in [1.807, 2.05) is 48.1 Å². The van der Waals surface area contributed by atoms with Gasteiger partial charge in [-0.15, -0.1) is 5.10 Å². The van der Waals surface area contributed by atoms with E-state index in [0.717, 1.165) is 16.9 Å². The number of aryl methyl sites for hydroxylation is 1. The highest BCUT2D eigenvalue weighted by molar-refractivity contribution is 7.20. The summed E-state index contributed by atoms with van der Waals surface area (Å²) < 4.78 is 3.16. The Morgan fingerprint density at radius 2 is 2.04 bits per heavy atom. The minimum absolute atomic E-state index is 0.184. The van der Waals surface area contributed by atoms with Crippen molar-refractivity contribution in [2.75, 3.05) is 5.32 Å². The van der Waals surface area contributed by atoms with Gasteiger partial charge in [0.15, 0.2) is 0 Å². The van der Waals surface area contributed by atoms with Crippen molar-refractivity contribution < 1.29 is 0 Å². The molecule has 0 fully saturated rings. The number of rotatable bonds is 4. The molecule has 0 atom stereocenters. The average molecular weight is 338 g/mol. The Bertz CT molecular complexity index is 1060. The summed E-state index contributed by atoms with van der Waals surface area (Å²) in [4.78, 5) is 16.5. The van der Waals surface area contributed by atoms with Gasteiger partial charge in [0.25, 0.3) is 5.56 Å². The summed E-state index contributed by atoms with van der Waals surface area (Å²) in [5.41, 5.74) is 2.88. The highest BCUT2D eigenvalue weighted by Crippen LogP contribution is 2.19. The van der Waals surface area contributed by atoms with Crippen LogP contribution in [0.5, 0.6) is 0 Å². The Hall–Kier alpha value is -3.00. The lowest BCUT2D eigenvalue weighted by Gasteiger charge is -2.09. The lowest BCUT2D eigenvalue weighted by atomic mass is 10.2. The zero-order valence-corrected chi connectivity index (χ0v) is 13.7. The van der Waals surface area contributed by atoms with Crippen LogP contribution in [0.25, 0.3) is 10.6 Å². The summed E-state index contributed by atoms with van der Waals surface area (Å²) in [6.45, 7) is 2.53. The highest BCUT2D eigenvalue weighted by Gasteiger charge is 2.08. The summed E-state index contributed by atoms with van der Waals surface area (Å²) in [6.07, 6.45) is 3.43. The van der Waals surface area contributed by atoms with Crippen LogP contribution in [-0.2, 0) is 6.54 Å². The number of fused-ring (bicyclic) bond motifs is 1. The van der Waals surface area contributed by atoms with Gasteiger partial charge < -0.3 is 5.32 Å². The van der Waals surface area contributed by atoms with Crippen LogP contribution in [0, 0.1) is 6.92 Å². The van der Waals surface area contributed by atoms with Crippen molar-refractivity contribution in [3.05, 3.63) is 70.4 Å².